The van der Waals surface area contributed by atoms with E-state index < -0.39 is 0 Å². The number of nitrogens with one attached hydrogen (secondary N) is 1. The maximum Gasteiger partial charge on any atom is 0.257 e. The molecular weight excluding hydrogens is 344 g/mol. The zero-order valence-corrected chi connectivity index (χ0v) is 15.2. The molecule has 0 bridgehead atoms. The van der Waals surface area contributed by atoms with Gasteiger partial charge < -0.3 is 19.5 Å². The highest BCUT2D eigenvalue weighted by atomic mass is 16.5. The molecule has 0 aliphatic carbocycles. The summed E-state index contributed by atoms with van der Waals surface area (Å²) in [5.74, 6) is 1.86. The Labute approximate surface area is 158 Å². The van der Waals surface area contributed by atoms with E-state index in [-0.39, 0.29) is 12.5 Å². The number of carbonyl (C=O) groups is 1. The smallest absolute Gasteiger partial charge is 0.257 e. The fourth-order valence-corrected chi connectivity index (χ4v) is 2.57. The van der Waals surface area contributed by atoms with Crippen LogP contribution in [0.3, 0.4) is 0 Å². The monoisotopic (exact) mass is 366 g/mol. The van der Waals surface area contributed by atoms with Gasteiger partial charge in [-0.2, -0.15) is 0 Å². The van der Waals surface area contributed by atoms with Gasteiger partial charge in [0.2, 0.25) is 0 Å². The van der Waals surface area contributed by atoms with E-state index in [0.717, 1.165) is 16.7 Å². The van der Waals surface area contributed by atoms with E-state index >= 15 is 0 Å². The lowest BCUT2D eigenvalue weighted by Gasteiger charge is -2.10. The van der Waals surface area contributed by atoms with Crippen LogP contribution in [-0.4, -0.2) is 37.8 Å². The fourth-order valence-electron chi connectivity index (χ4n) is 2.57. The number of amides is 1. The molecule has 6 heteroatoms. The van der Waals surface area contributed by atoms with E-state index in [1.807, 2.05) is 42.5 Å². The van der Waals surface area contributed by atoms with Crippen molar-refractivity contribution < 1.29 is 19.0 Å². The van der Waals surface area contributed by atoms with Crippen LogP contribution in [0.25, 0.3) is 10.9 Å². The molecule has 0 fully saturated rings. The molecule has 0 radical (unpaired) electrons. The fraction of sp³-hybridized carbons (Fsp3) is 0.238. The van der Waals surface area contributed by atoms with Crippen LogP contribution in [0.15, 0.2) is 60.8 Å². The number of aromatic nitrogens is 1. The van der Waals surface area contributed by atoms with E-state index in [2.05, 4.69) is 10.3 Å². The maximum atomic E-state index is 11.9. The van der Waals surface area contributed by atoms with Gasteiger partial charge >= 0.3 is 0 Å². The second-order valence-corrected chi connectivity index (χ2v) is 5.85. The summed E-state index contributed by atoms with van der Waals surface area (Å²) in [4.78, 5) is 16.2. The van der Waals surface area contributed by atoms with E-state index in [4.69, 9.17) is 14.2 Å². The largest absolute Gasteiger partial charge is 0.497 e. The highest BCUT2D eigenvalue weighted by molar-refractivity contribution is 5.84. The molecular formula is C21H22N2O4. The highest BCUT2D eigenvalue weighted by Gasteiger charge is 2.05. The Hall–Kier alpha value is -3.28. The number of ether oxygens (including phenoxy) is 3. The molecule has 140 valence electrons. The van der Waals surface area contributed by atoms with Gasteiger partial charge in [-0.1, -0.05) is 24.3 Å². The molecule has 0 saturated carbocycles. The molecule has 0 saturated heterocycles. The van der Waals surface area contributed by atoms with Gasteiger partial charge in [-0.3, -0.25) is 9.78 Å². The number of hydrogen-bond donors (Lipinski definition) is 1. The third-order valence-electron chi connectivity index (χ3n) is 3.91. The van der Waals surface area contributed by atoms with Crippen molar-refractivity contribution >= 4 is 16.8 Å². The Kier molecular flexibility index (Phi) is 6.46. The molecule has 0 atom stereocenters. The number of hydrogen-bond acceptors (Lipinski definition) is 5. The Morgan fingerprint density at radius 2 is 1.85 bits per heavy atom. The number of methoxy groups -OCH3 is 1. The summed E-state index contributed by atoms with van der Waals surface area (Å²) in [6.45, 7) is 0.965. The number of benzene rings is 2. The molecule has 6 nitrogen and oxygen atoms in total. The molecule has 2 aromatic carbocycles. The van der Waals surface area contributed by atoms with Gasteiger partial charge in [0.05, 0.1) is 13.7 Å². The van der Waals surface area contributed by atoms with Crippen molar-refractivity contribution in [2.24, 2.45) is 0 Å². The quantitative estimate of drug-likeness (QED) is 0.589. The van der Waals surface area contributed by atoms with Crippen LogP contribution in [0.1, 0.15) is 6.42 Å². The van der Waals surface area contributed by atoms with Crippen LogP contribution >= 0.6 is 0 Å². The van der Waals surface area contributed by atoms with Crippen LogP contribution in [-0.2, 0) is 4.79 Å². The molecule has 27 heavy (non-hydrogen) atoms. The van der Waals surface area contributed by atoms with Gasteiger partial charge in [-0.05, 0) is 30.7 Å². The number of rotatable bonds is 9. The second-order valence-electron chi connectivity index (χ2n) is 5.85. The van der Waals surface area contributed by atoms with Gasteiger partial charge in [0, 0.05) is 24.2 Å². The van der Waals surface area contributed by atoms with Crippen LogP contribution in [0.5, 0.6) is 17.2 Å². The summed E-state index contributed by atoms with van der Waals surface area (Å²) in [6.07, 6.45) is 2.44. The van der Waals surface area contributed by atoms with Crippen molar-refractivity contribution in [2.75, 3.05) is 26.9 Å². The molecule has 3 rings (SSSR count). The first-order valence-corrected chi connectivity index (χ1v) is 8.76. The van der Waals surface area contributed by atoms with Gasteiger partial charge in [-0.25, -0.2) is 0 Å². The maximum absolute atomic E-state index is 11.9. The summed E-state index contributed by atoms with van der Waals surface area (Å²) in [7, 11) is 1.59. The van der Waals surface area contributed by atoms with Crippen molar-refractivity contribution in [3.05, 3.63) is 60.8 Å². The molecule has 0 aliphatic heterocycles. The molecule has 0 aliphatic rings. The predicted octanol–water partition coefficient (Wildman–Crippen LogP) is 3.21. The molecule has 3 aromatic rings. The van der Waals surface area contributed by atoms with Crippen LogP contribution in [0.4, 0.5) is 0 Å². The van der Waals surface area contributed by atoms with Gasteiger partial charge in [0.1, 0.15) is 22.8 Å². The summed E-state index contributed by atoms with van der Waals surface area (Å²) in [5, 5.41) is 3.85. The third kappa shape index (κ3) is 5.34. The van der Waals surface area contributed by atoms with Gasteiger partial charge in [-0.15, -0.1) is 0 Å². The molecule has 1 aromatic heterocycles. The van der Waals surface area contributed by atoms with Crippen molar-refractivity contribution in [2.45, 2.75) is 6.42 Å². The van der Waals surface area contributed by atoms with Crippen molar-refractivity contribution in [3.8, 4) is 17.2 Å². The third-order valence-corrected chi connectivity index (χ3v) is 3.91. The Morgan fingerprint density at radius 3 is 2.74 bits per heavy atom. The van der Waals surface area contributed by atoms with E-state index in [1.54, 1.807) is 25.4 Å². The van der Waals surface area contributed by atoms with E-state index in [9.17, 15) is 4.79 Å². The Bertz CT molecular complexity index is 893. The topological polar surface area (TPSA) is 69.7 Å². The molecule has 0 spiro atoms. The lowest BCUT2D eigenvalue weighted by Crippen LogP contribution is -2.30. The first-order chi connectivity index (χ1) is 13.3. The standard InChI is InChI=1S/C21H22N2O4/c1-25-17-8-3-9-18(14-17)27-15-20(24)22-12-5-13-26-19-10-2-6-16-7-4-11-23-21(16)19/h2-4,6-11,14H,5,12-13,15H2,1H3,(H,22,24). The summed E-state index contributed by atoms with van der Waals surface area (Å²) >= 11 is 0. The minimum absolute atomic E-state index is 0.0404. The summed E-state index contributed by atoms with van der Waals surface area (Å²) in [6, 6.07) is 16.9. The minimum Gasteiger partial charge on any atom is -0.497 e. The average molecular weight is 366 g/mol. The van der Waals surface area contributed by atoms with Crippen molar-refractivity contribution in [1.82, 2.24) is 10.3 Å². The lowest BCUT2D eigenvalue weighted by molar-refractivity contribution is -0.123. The van der Waals surface area contributed by atoms with Crippen LogP contribution < -0.4 is 19.5 Å². The van der Waals surface area contributed by atoms with Gasteiger partial charge in [0.25, 0.3) is 5.91 Å². The number of nitrogens with zero attached hydrogens (tertiary/aromatic N) is 1. The molecule has 1 amide bonds. The number of para-hydroxylation sites is 1. The Morgan fingerprint density at radius 1 is 1.04 bits per heavy atom. The number of fused-ring (bicyclic) bond motifs is 1. The normalized spacial score (nSPS) is 10.4. The Balaban J connectivity index is 1.36. The van der Waals surface area contributed by atoms with Crippen LogP contribution in [0, 0.1) is 0 Å². The molecule has 1 N–H and O–H groups in total. The van der Waals surface area contributed by atoms with E-state index in [1.165, 1.54) is 0 Å². The zero-order valence-electron chi connectivity index (χ0n) is 15.2. The van der Waals surface area contributed by atoms with Crippen molar-refractivity contribution in [1.29, 1.82) is 0 Å². The van der Waals surface area contributed by atoms with Gasteiger partial charge in [0.15, 0.2) is 6.61 Å². The second kappa shape index (κ2) is 9.43. The lowest BCUT2D eigenvalue weighted by atomic mass is 10.2. The summed E-state index contributed by atoms with van der Waals surface area (Å²) < 4.78 is 16.4. The predicted molar refractivity (Wildman–Crippen MR) is 103 cm³/mol. The average Bonchev–Trinajstić information content (AvgIpc) is 2.72. The first-order valence-electron chi connectivity index (χ1n) is 8.76. The van der Waals surface area contributed by atoms with Crippen molar-refractivity contribution in [3.63, 3.8) is 0 Å². The number of carbonyl (C=O) groups excluding carboxylic acids is 1. The highest BCUT2D eigenvalue weighted by Crippen LogP contribution is 2.23. The molecule has 0 unspecified atom stereocenters. The number of pyridine rings is 1. The van der Waals surface area contributed by atoms with E-state index in [0.29, 0.717) is 31.1 Å². The SMILES string of the molecule is COc1cccc(OCC(=O)NCCCOc2cccc3cccnc23)c1. The zero-order chi connectivity index (χ0) is 18.9. The summed E-state index contributed by atoms with van der Waals surface area (Å²) in [5.41, 5.74) is 0.843. The molecule has 1 heterocycles. The first kappa shape index (κ1) is 18.5. The van der Waals surface area contributed by atoms with Crippen LogP contribution in [0.2, 0.25) is 0 Å². The minimum atomic E-state index is -0.176.